The third-order valence-electron chi connectivity index (χ3n) is 2.76. The molecule has 0 spiro atoms. The smallest absolute Gasteiger partial charge is 0.236 e. The monoisotopic (exact) mass is 200 g/mol. The summed E-state index contributed by atoms with van der Waals surface area (Å²) in [5.74, 6) is 0.175. The maximum absolute atomic E-state index is 11.4. The van der Waals surface area contributed by atoms with E-state index in [4.69, 9.17) is 5.11 Å². The van der Waals surface area contributed by atoms with Crippen LogP contribution in [0, 0.1) is 0 Å². The number of carbonyl (C=O) groups excluding carboxylic acids is 1. The lowest BCUT2D eigenvalue weighted by Gasteiger charge is -2.37. The Labute approximate surface area is 85.5 Å². The van der Waals surface area contributed by atoms with Crippen LogP contribution in [-0.2, 0) is 4.79 Å². The number of aliphatic hydroxyl groups excluding tert-OH is 1. The zero-order valence-electron chi connectivity index (χ0n) is 9.23. The second kappa shape index (κ2) is 4.75. The van der Waals surface area contributed by atoms with Gasteiger partial charge in [0.2, 0.25) is 5.91 Å². The predicted octanol–water partition coefficient (Wildman–Crippen LogP) is -0.0802. The van der Waals surface area contributed by atoms with Gasteiger partial charge in [-0.05, 0) is 20.3 Å². The number of amides is 1. The number of hydrogen-bond donors (Lipinski definition) is 1. The van der Waals surface area contributed by atoms with E-state index in [-0.39, 0.29) is 12.0 Å². The quantitative estimate of drug-likeness (QED) is 0.693. The molecule has 2 atom stereocenters. The van der Waals surface area contributed by atoms with Gasteiger partial charge in [-0.25, -0.2) is 0 Å². The fourth-order valence-electron chi connectivity index (χ4n) is 1.72. The summed E-state index contributed by atoms with van der Waals surface area (Å²) < 4.78 is 0. The fraction of sp³-hybridized carbons (Fsp3) is 0.900. The van der Waals surface area contributed by atoms with E-state index in [2.05, 4.69) is 11.8 Å². The lowest BCUT2D eigenvalue weighted by atomic mass is 10.1. The topological polar surface area (TPSA) is 43.8 Å². The summed E-state index contributed by atoms with van der Waals surface area (Å²) in [6, 6.07) is 0.399. The Bertz CT molecular complexity index is 206. The molecule has 0 saturated carbocycles. The minimum absolute atomic E-state index is 0.175. The number of carbonyl (C=O) groups is 1. The highest BCUT2D eigenvalue weighted by molar-refractivity contribution is 5.78. The molecular formula is C10H20N2O2. The van der Waals surface area contributed by atoms with Crippen molar-refractivity contribution in [1.29, 1.82) is 0 Å². The first kappa shape index (κ1) is 11.5. The fourth-order valence-corrected chi connectivity index (χ4v) is 1.72. The molecular weight excluding hydrogens is 180 g/mol. The van der Waals surface area contributed by atoms with Gasteiger partial charge in [-0.3, -0.25) is 9.69 Å². The number of likely N-dealkylation sites (N-methyl/N-ethyl adjacent to an activating group) is 1. The molecule has 1 N–H and O–H groups in total. The molecule has 0 aromatic heterocycles. The standard InChI is InChI=1S/C10H20N2O2/c1-8-6-11(3)10(14)7-12(8)5-4-9(2)13/h8-9,13H,4-7H2,1-3H3. The predicted molar refractivity (Wildman–Crippen MR) is 55.0 cm³/mol. The summed E-state index contributed by atoms with van der Waals surface area (Å²) in [6.45, 7) is 5.98. The first-order chi connectivity index (χ1) is 6.50. The van der Waals surface area contributed by atoms with Crippen LogP contribution in [0.2, 0.25) is 0 Å². The van der Waals surface area contributed by atoms with E-state index in [9.17, 15) is 4.79 Å². The van der Waals surface area contributed by atoms with Gasteiger partial charge < -0.3 is 10.0 Å². The van der Waals surface area contributed by atoms with Crippen LogP contribution in [0.3, 0.4) is 0 Å². The van der Waals surface area contributed by atoms with Crippen LogP contribution in [0.25, 0.3) is 0 Å². The van der Waals surface area contributed by atoms with Gasteiger partial charge in [-0.2, -0.15) is 0 Å². The third kappa shape index (κ3) is 2.96. The van der Waals surface area contributed by atoms with Gasteiger partial charge in [-0.1, -0.05) is 0 Å². The van der Waals surface area contributed by atoms with Gasteiger partial charge in [-0.15, -0.1) is 0 Å². The number of nitrogens with zero attached hydrogens (tertiary/aromatic N) is 2. The Morgan fingerprint density at radius 2 is 2.29 bits per heavy atom. The van der Waals surface area contributed by atoms with E-state index in [1.807, 2.05) is 7.05 Å². The van der Waals surface area contributed by atoms with E-state index < -0.39 is 0 Å². The van der Waals surface area contributed by atoms with Gasteiger partial charge in [0, 0.05) is 26.2 Å². The zero-order chi connectivity index (χ0) is 10.7. The average Bonchev–Trinajstić information content (AvgIpc) is 2.09. The van der Waals surface area contributed by atoms with Crippen molar-refractivity contribution < 1.29 is 9.90 Å². The van der Waals surface area contributed by atoms with E-state index in [1.54, 1.807) is 11.8 Å². The van der Waals surface area contributed by atoms with E-state index in [1.165, 1.54) is 0 Å². The Morgan fingerprint density at radius 3 is 2.86 bits per heavy atom. The lowest BCUT2D eigenvalue weighted by Crippen LogP contribution is -2.53. The highest BCUT2D eigenvalue weighted by Crippen LogP contribution is 2.09. The number of rotatable bonds is 3. The minimum atomic E-state index is -0.281. The number of piperazine rings is 1. The van der Waals surface area contributed by atoms with Gasteiger partial charge in [0.15, 0.2) is 0 Å². The third-order valence-corrected chi connectivity index (χ3v) is 2.76. The molecule has 1 aliphatic heterocycles. The second-order valence-electron chi connectivity index (χ2n) is 4.23. The summed E-state index contributed by atoms with van der Waals surface area (Å²) in [6.07, 6.45) is 0.457. The molecule has 1 saturated heterocycles. The van der Waals surface area contributed by atoms with Crippen molar-refractivity contribution in [3.63, 3.8) is 0 Å². The van der Waals surface area contributed by atoms with Crippen LogP contribution in [0.4, 0.5) is 0 Å². The number of aliphatic hydroxyl groups is 1. The van der Waals surface area contributed by atoms with Gasteiger partial charge in [0.05, 0.1) is 12.6 Å². The van der Waals surface area contributed by atoms with E-state index >= 15 is 0 Å². The molecule has 0 radical (unpaired) electrons. The van der Waals surface area contributed by atoms with E-state index in [0.29, 0.717) is 12.6 Å². The normalized spacial score (nSPS) is 26.7. The molecule has 2 unspecified atom stereocenters. The van der Waals surface area contributed by atoms with Gasteiger partial charge in [0.25, 0.3) is 0 Å². The highest BCUT2D eigenvalue weighted by Gasteiger charge is 2.26. The SMILES string of the molecule is CC(O)CCN1CC(=O)N(C)CC1C. The zero-order valence-corrected chi connectivity index (χ0v) is 9.23. The first-order valence-electron chi connectivity index (χ1n) is 5.16. The summed E-state index contributed by atoms with van der Waals surface area (Å²) >= 11 is 0. The molecule has 4 nitrogen and oxygen atoms in total. The Hall–Kier alpha value is -0.610. The van der Waals surface area contributed by atoms with Crippen molar-refractivity contribution in [3.05, 3.63) is 0 Å². The van der Waals surface area contributed by atoms with Crippen molar-refractivity contribution in [2.24, 2.45) is 0 Å². The Balaban J connectivity index is 2.41. The molecule has 0 aromatic carbocycles. The Morgan fingerprint density at radius 1 is 1.64 bits per heavy atom. The molecule has 0 aliphatic carbocycles. The average molecular weight is 200 g/mol. The van der Waals surface area contributed by atoms with Crippen LogP contribution < -0.4 is 0 Å². The second-order valence-corrected chi connectivity index (χ2v) is 4.23. The van der Waals surface area contributed by atoms with Crippen LogP contribution >= 0.6 is 0 Å². The lowest BCUT2D eigenvalue weighted by molar-refractivity contribution is -0.136. The summed E-state index contributed by atoms with van der Waals surface area (Å²) in [5, 5.41) is 9.17. The summed E-state index contributed by atoms with van der Waals surface area (Å²) in [5.41, 5.74) is 0. The minimum Gasteiger partial charge on any atom is -0.393 e. The molecule has 1 fully saturated rings. The van der Waals surface area contributed by atoms with Crippen molar-refractivity contribution in [2.75, 3.05) is 26.7 Å². The van der Waals surface area contributed by atoms with Crippen LogP contribution in [0.15, 0.2) is 0 Å². The number of hydrogen-bond acceptors (Lipinski definition) is 3. The van der Waals surface area contributed by atoms with Gasteiger partial charge >= 0.3 is 0 Å². The molecule has 0 aromatic rings. The van der Waals surface area contributed by atoms with Crippen LogP contribution in [-0.4, -0.2) is 59.6 Å². The van der Waals surface area contributed by atoms with Gasteiger partial charge in [0.1, 0.15) is 0 Å². The molecule has 4 heteroatoms. The maximum atomic E-state index is 11.4. The Kier molecular flexibility index (Phi) is 3.89. The largest absolute Gasteiger partial charge is 0.393 e. The van der Waals surface area contributed by atoms with Crippen LogP contribution in [0.1, 0.15) is 20.3 Å². The first-order valence-corrected chi connectivity index (χ1v) is 5.16. The molecule has 14 heavy (non-hydrogen) atoms. The van der Waals surface area contributed by atoms with E-state index in [0.717, 1.165) is 19.5 Å². The summed E-state index contributed by atoms with van der Waals surface area (Å²) in [7, 11) is 1.84. The molecule has 1 heterocycles. The maximum Gasteiger partial charge on any atom is 0.236 e. The van der Waals surface area contributed by atoms with Crippen molar-refractivity contribution in [2.45, 2.75) is 32.4 Å². The molecule has 82 valence electrons. The summed E-state index contributed by atoms with van der Waals surface area (Å²) in [4.78, 5) is 15.3. The van der Waals surface area contributed by atoms with Crippen molar-refractivity contribution in [1.82, 2.24) is 9.80 Å². The highest BCUT2D eigenvalue weighted by atomic mass is 16.3. The molecule has 1 amide bonds. The molecule has 0 bridgehead atoms. The van der Waals surface area contributed by atoms with Crippen molar-refractivity contribution >= 4 is 5.91 Å². The molecule has 1 aliphatic rings. The van der Waals surface area contributed by atoms with Crippen molar-refractivity contribution in [3.8, 4) is 0 Å². The van der Waals surface area contributed by atoms with Crippen LogP contribution in [0.5, 0.6) is 0 Å². The molecule has 1 rings (SSSR count).